The number of fused-ring (bicyclic) bond motifs is 2. The van der Waals surface area contributed by atoms with Crippen molar-refractivity contribution >= 4 is 23.4 Å². The van der Waals surface area contributed by atoms with Gasteiger partial charge in [-0.2, -0.15) is 4.98 Å². The first kappa shape index (κ1) is 22.6. The molecule has 1 amide bonds. The van der Waals surface area contributed by atoms with Gasteiger partial charge in [0.2, 0.25) is 11.9 Å². The summed E-state index contributed by atoms with van der Waals surface area (Å²) >= 11 is 0. The van der Waals surface area contributed by atoms with Crippen molar-refractivity contribution in [3.8, 4) is 5.75 Å². The van der Waals surface area contributed by atoms with Crippen LogP contribution in [0.4, 0.5) is 21.8 Å². The van der Waals surface area contributed by atoms with E-state index in [9.17, 15) is 9.18 Å². The molecule has 2 heterocycles. The van der Waals surface area contributed by atoms with Gasteiger partial charge in [0.25, 0.3) is 0 Å². The quantitative estimate of drug-likeness (QED) is 0.538. The number of rotatable bonds is 7. The van der Waals surface area contributed by atoms with Crippen molar-refractivity contribution < 1.29 is 13.9 Å². The van der Waals surface area contributed by atoms with Crippen LogP contribution in [0.1, 0.15) is 24.8 Å². The maximum atomic E-state index is 14.5. The van der Waals surface area contributed by atoms with Gasteiger partial charge in [0.05, 0.1) is 12.1 Å². The summed E-state index contributed by atoms with van der Waals surface area (Å²) in [5, 5.41) is 6.27. The van der Waals surface area contributed by atoms with E-state index in [1.165, 1.54) is 0 Å². The second-order valence-electron chi connectivity index (χ2n) is 9.66. The highest BCUT2D eigenvalue weighted by Gasteiger charge is 2.47. The molecule has 180 valence electrons. The average molecular weight is 467 g/mol. The average Bonchev–Trinajstić information content (AvgIpc) is 3.41. The van der Waals surface area contributed by atoms with Crippen LogP contribution >= 0.6 is 0 Å². The first-order valence-electron chi connectivity index (χ1n) is 11.9. The molecule has 8 nitrogen and oxygen atoms in total. The molecule has 1 saturated carbocycles. The van der Waals surface area contributed by atoms with E-state index in [0.29, 0.717) is 0 Å². The molecule has 2 fully saturated rings. The maximum Gasteiger partial charge on any atom is 0.229 e. The zero-order valence-electron chi connectivity index (χ0n) is 19.5. The standard InChI is InChI=1S/C25H31FN6O2/c1-14-11-17(5-6-20(14)34-18-7-9-32(2)10-8-18)29-25-28-13-19(26)24(31-25)30-22-16-4-3-15(12-16)21(22)23(27)33/h3-6,11,13,15-16,18,21-22H,7-10,12H2,1-2H3,(H2,27,33)(H2,28,29,30,31). The van der Waals surface area contributed by atoms with E-state index in [-0.39, 0.29) is 47.6 Å². The minimum Gasteiger partial charge on any atom is -0.490 e. The highest BCUT2D eigenvalue weighted by molar-refractivity contribution is 5.79. The van der Waals surface area contributed by atoms with Crippen molar-refractivity contribution in [2.45, 2.75) is 38.3 Å². The zero-order chi connectivity index (χ0) is 23.8. The highest BCUT2D eigenvalue weighted by atomic mass is 19.1. The van der Waals surface area contributed by atoms with Gasteiger partial charge in [0.15, 0.2) is 11.6 Å². The van der Waals surface area contributed by atoms with Crippen LogP contribution in [0.5, 0.6) is 5.75 Å². The van der Waals surface area contributed by atoms with Gasteiger partial charge in [0, 0.05) is 24.8 Å². The number of allylic oxidation sites excluding steroid dienone is 1. The Kier molecular flexibility index (Phi) is 6.12. The van der Waals surface area contributed by atoms with E-state index < -0.39 is 5.82 Å². The maximum absolute atomic E-state index is 14.5. The van der Waals surface area contributed by atoms with E-state index in [0.717, 1.165) is 55.5 Å². The molecule has 2 aliphatic carbocycles. The third kappa shape index (κ3) is 4.57. The molecule has 2 bridgehead atoms. The number of nitrogens with zero attached hydrogens (tertiary/aromatic N) is 3. The van der Waals surface area contributed by atoms with Crippen molar-refractivity contribution in [2.24, 2.45) is 23.5 Å². The van der Waals surface area contributed by atoms with Crippen LogP contribution in [0.25, 0.3) is 0 Å². The van der Waals surface area contributed by atoms with Crippen LogP contribution in [0, 0.1) is 30.5 Å². The van der Waals surface area contributed by atoms with E-state index in [2.05, 4.69) is 38.6 Å². The third-order valence-electron chi connectivity index (χ3n) is 7.23. The number of likely N-dealkylation sites (tertiary alicyclic amines) is 1. The Hall–Kier alpha value is -3.20. The van der Waals surface area contributed by atoms with Gasteiger partial charge in [0.1, 0.15) is 11.9 Å². The molecule has 1 aromatic carbocycles. The third-order valence-corrected chi connectivity index (χ3v) is 7.23. The predicted octanol–water partition coefficient (Wildman–Crippen LogP) is 3.23. The van der Waals surface area contributed by atoms with Crippen LogP contribution in [-0.4, -0.2) is 53.1 Å². The fraction of sp³-hybridized carbons (Fsp3) is 0.480. The number of piperidine rings is 1. The number of halogens is 1. The van der Waals surface area contributed by atoms with Crippen LogP contribution in [0.2, 0.25) is 0 Å². The number of anilines is 3. The van der Waals surface area contributed by atoms with E-state index >= 15 is 0 Å². The molecule has 34 heavy (non-hydrogen) atoms. The minimum atomic E-state index is -0.571. The van der Waals surface area contributed by atoms with Gasteiger partial charge < -0.3 is 26.0 Å². The molecule has 9 heteroatoms. The molecule has 2 aromatic rings. The van der Waals surface area contributed by atoms with Gasteiger partial charge >= 0.3 is 0 Å². The number of aryl methyl sites for hydroxylation is 1. The SMILES string of the molecule is Cc1cc(Nc2ncc(F)c(NC3C4C=CC(C4)C3C(N)=O)n2)ccc1OC1CCN(C)CC1. The Morgan fingerprint density at radius 2 is 2.00 bits per heavy atom. The van der Waals surface area contributed by atoms with Crippen molar-refractivity contribution in [1.82, 2.24) is 14.9 Å². The van der Waals surface area contributed by atoms with Gasteiger partial charge in [-0.25, -0.2) is 9.37 Å². The lowest BCUT2D eigenvalue weighted by molar-refractivity contribution is -0.122. The first-order chi connectivity index (χ1) is 16.4. The summed E-state index contributed by atoms with van der Waals surface area (Å²) in [4.78, 5) is 22.7. The largest absolute Gasteiger partial charge is 0.490 e. The Morgan fingerprint density at radius 3 is 2.74 bits per heavy atom. The molecule has 4 N–H and O–H groups in total. The van der Waals surface area contributed by atoms with Gasteiger partial charge in [-0.05, 0) is 68.8 Å². The molecule has 3 aliphatic rings. The number of carbonyl (C=O) groups excluding carboxylic acids is 1. The Labute approximate surface area is 198 Å². The molecule has 4 atom stereocenters. The molecule has 5 rings (SSSR count). The monoisotopic (exact) mass is 466 g/mol. The van der Waals surface area contributed by atoms with Crippen LogP contribution in [0.15, 0.2) is 36.5 Å². The number of hydrogen-bond acceptors (Lipinski definition) is 7. The van der Waals surface area contributed by atoms with Crippen LogP contribution in [-0.2, 0) is 4.79 Å². The molecule has 4 unspecified atom stereocenters. The summed E-state index contributed by atoms with van der Waals surface area (Å²) in [5.41, 5.74) is 7.41. The van der Waals surface area contributed by atoms with Gasteiger partial charge in [-0.1, -0.05) is 12.2 Å². The highest BCUT2D eigenvalue weighted by Crippen LogP contribution is 2.45. The summed E-state index contributed by atoms with van der Waals surface area (Å²) in [6.07, 6.45) is 8.34. The first-order valence-corrected chi connectivity index (χ1v) is 11.9. The molecular formula is C25H31FN6O2. The second-order valence-corrected chi connectivity index (χ2v) is 9.66. The summed E-state index contributed by atoms with van der Waals surface area (Å²) in [6.45, 7) is 4.08. The fourth-order valence-electron chi connectivity index (χ4n) is 5.36. The lowest BCUT2D eigenvalue weighted by Gasteiger charge is -2.29. The molecule has 1 aliphatic heterocycles. The number of nitrogens with two attached hydrogens (primary N) is 1. The summed E-state index contributed by atoms with van der Waals surface area (Å²) in [6, 6.07) is 5.54. The second kappa shape index (κ2) is 9.21. The topological polar surface area (TPSA) is 105 Å². The molecule has 0 radical (unpaired) electrons. The number of nitrogens with one attached hydrogen (secondary N) is 2. The van der Waals surface area contributed by atoms with E-state index in [1.807, 2.05) is 31.2 Å². The summed E-state index contributed by atoms with van der Waals surface area (Å²) < 4.78 is 20.7. The van der Waals surface area contributed by atoms with Crippen molar-refractivity contribution in [3.05, 3.63) is 47.9 Å². The molecular weight excluding hydrogens is 435 g/mol. The number of benzene rings is 1. The zero-order valence-corrected chi connectivity index (χ0v) is 19.5. The Balaban J connectivity index is 1.27. The molecule has 0 spiro atoms. The van der Waals surface area contributed by atoms with Crippen molar-refractivity contribution in [2.75, 3.05) is 30.8 Å². The Bertz CT molecular complexity index is 1100. The number of ether oxygens (including phenoxy) is 1. The minimum absolute atomic E-state index is 0.0636. The number of aromatic nitrogens is 2. The van der Waals surface area contributed by atoms with Crippen LogP contribution in [0.3, 0.4) is 0 Å². The number of carbonyl (C=O) groups is 1. The van der Waals surface area contributed by atoms with Crippen molar-refractivity contribution in [1.29, 1.82) is 0 Å². The number of primary amides is 1. The molecule has 1 saturated heterocycles. The summed E-state index contributed by atoms with van der Waals surface area (Å²) in [7, 11) is 2.13. The van der Waals surface area contributed by atoms with Crippen LogP contribution < -0.4 is 21.1 Å². The number of hydrogen-bond donors (Lipinski definition) is 3. The summed E-state index contributed by atoms with van der Waals surface area (Å²) in [5.74, 6) is 0.104. The van der Waals surface area contributed by atoms with Gasteiger partial charge in [-0.15, -0.1) is 0 Å². The Morgan fingerprint density at radius 1 is 1.24 bits per heavy atom. The molecule has 1 aromatic heterocycles. The smallest absolute Gasteiger partial charge is 0.229 e. The predicted molar refractivity (Wildman–Crippen MR) is 128 cm³/mol. The lowest BCUT2D eigenvalue weighted by atomic mass is 9.88. The van der Waals surface area contributed by atoms with Gasteiger partial charge in [-0.3, -0.25) is 4.79 Å². The number of amides is 1. The van der Waals surface area contributed by atoms with Crippen molar-refractivity contribution in [3.63, 3.8) is 0 Å². The fourth-order valence-corrected chi connectivity index (χ4v) is 5.36. The normalized spacial score (nSPS) is 26.6. The lowest BCUT2D eigenvalue weighted by Crippen LogP contribution is -2.41. The van der Waals surface area contributed by atoms with E-state index in [4.69, 9.17) is 10.5 Å². The van der Waals surface area contributed by atoms with E-state index in [1.54, 1.807) is 0 Å².